The van der Waals surface area contributed by atoms with Crippen LogP contribution >= 0.6 is 11.3 Å². The lowest BCUT2D eigenvalue weighted by Crippen LogP contribution is -2.36. The second kappa shape index (κ2) is 7.43. The Bertz CT molecular complexity index is 934. The molecule has 0 bridgehead atoms. The lowest BCUT2D eigenvalue weighted by Gasteiger charge is -2.25. The molecule has 7 nitrogen and oxygen atoms in total. The first-order valence-corrected chi connectivity index (χ1v) is 9.57. The molecule has 1 fully saturated rings. The number of nitrogens with zero attached hydrogens (tertiary/aromatic N) is 5. The lowest BCUT2D eigenvalue weighted by atomic mass is 10.1. The molecule has 1 amide bonds. The number of piperidine rings is 1. The molecule has 1 saturated heterocycles. The van der Waals surface area contributed by atoms with Crippen molar-refractivity contribution in [3.05, 3.63) is 29.5 Å². The largest absolute Gasteiger partial charge is 0.310 e. The number of hydrogen-bond donors (Lipinski definition) is 1. The van der Waals surface area contributed by atoms with E-state index in [4.69, 9.17) is 0 Å². The maximum atomic E-state index is 12.3. The van der Waals surface area contributed by atoms with Gasteiger partial charge in [0.05, 0.1) is 6.54 Å². The molecule has 4 heterocycles. The number of hydrogen-bond acceptors (Lipinski definition) is 7. The zero-order valence-corrected chi connectivity index (χ0v) is 15.4. The molecule has 0 radical (unpaired) electrons. The Morgan fingerprint density at radius 1 is 1.12 bits per heavy atom. The van der Waals surface area contributed by atoms with Crippen molar-refractivity contribution in [2.45, 2.75) is 26.2 Å². The van der Waals surface area contributed by atoms with E-state index in [9.17, 15) is 4.79 Å². The van der Waals surface area contributed by atoms with Gasteiger partial charge in [-0.1, -0.05) is 17.8 Å². The Balaban J connectivity index is 1.51. The fourth-order valence-corrected chi connectivity index (χ4v) is 3.79. The van der Waals surface area contributed by atoms with E-state index >= 15 is 0 Å². The molecule has 4 rings (SSSR count). The highest BCUT2D eigenvalue weighted by molar-refractivity contribution is 7.14. The van der Waals surface area contributed by atoms with E-state index in [1.807, 2.05) is 19.1 Å². The quantitative estimate of drug-likeness (QED) is 0.762. The van der Waals surface area contributed by atoms with Crippen molar-refractivity contribution in [3.63, 3.8) is 0 Å². The zero-order valence-electron chi connectivity index (χ0n) is 14.6. The van der Waals surface area contributed by atoms with E-state index in [0.717, 1.165) is 39.6 Å². The van der Waals surface area contributed by atoms with Crippen LogP contribution in [0.3, 0.4) is 0 Å². The minimum Gasteiger partial charge on any atom is -0.310 e. The number of rotatable bonds is 4. The number of fused-ring (bicyclic) bond motifs is 1. The number of carbonyl (C=O) groups is 1. The molecule has 0 aliphatic carbocycles. The topological polar surface area (TPSA) is 83.9 Å². The second-order valence-electron chi connectivity index (χ2n) is 6.50. The molecule has 1 aliphatic heterocycles. The van der Waals surface area contributed by atoms with Crippen LogP contribution < -0.4 is 5.32 Å². The Labute approximate surface area is 155 Å². The van der Waals surface area contributed by atoms with Gasteiger partial charge in [0.15, 0.2) is 5.01 Å². The van der Waals surface area contributed by atoms with Crippen molar-refractivity contribution in [1.82, 2.24) is 25.1 Å². The first-order valence-electron chi connectivity index (χ1n) is 8.76. The first-order chi connectivity index (χ1) is 12.7. The highest BCUT2D eigenvalue weighted by Crippen LogP contribution is 2.25. The van der Waals surface area contributed by atoms with Gasteiger partial charge in [0.1, 0.15) is 16.5 Å². The summed E-state index contributed by atoms with van der Waals surface area (Å²) in [7, 11) is 0. The maximum absolute atomic E-state index is 12.3. The summed E-state index contributed by atoms with van der Waals surface area (Å²) in [6.45, 7) is 4.33. The molecule has 0 aromatic carbocycles. The van der Waals surface area contributed by atoms with Gasteiger partial charge in [0, 0.05) is 17.8 Å². The van der Waals surface area contributed by atoms with Gasteiger partial charge >= 0.3 is 0 Å². The number of aromatic nitrogens is 4. The van der Waals surface area contributed by atoms with Crippen LogP contribution in [0.25, 0.3) is 21.5 Å². The van der Waals surface area contributed by atoms with Gasteiger partial charge < -0.3 is 5.32 Å². The third-order valence-electron chi connectivity index (χ3n) is 4.43. The van der Waals surface area contributed by atoms with E-state index in [1.165, 1.54) is 30.6 Å². The summed E-state index contributed by atoms with van der Waals surface area (Å²) in [4.78, 5) is 23.2. The Morgan fingerprint density at radius 2 is 1.92 bits per heavy atom. The van der Waals surface area contributed by atoms with Gasteiger partial charge in [-0.3, -0.25) is 14.7 Å². The standard InChI is InChI=1S/C18H20N6OS/c1-12-22-23-18(26-12)15-7-13-8-16(20-10-14(13)9-19-15)21-17(25)11-24-5-3-2-4-6-24/h7-10H,2-6,11H2,1H3,(H,20,21,25). The molecule has 0 atom stereocenters. The Morgan fingerprint density at radius 3 is 2.69 bits per heavy atom. The fraction of sp³-hybridized carbons (Fsp3) is 0.389. The van der Waals surface area contributed by atoms with Crippen LogP contribution in [0.15, 0.2) is 24.5 Å². The number of nitrogens with one attached hydrogen (secondary N) is 1. The van der Waals surface area contributed by atoms with Crippen molar-refractivity contribution < 1.29 is 4.79 Å². The van der Waals surface area contributed by atoms with Crippen LogP contribution in [0, 0.1) is 6.92 Å². The van der Waals surface area contributed by atoms with Crippen LogP contribution in [0.1, 0.15) is 24.3 Å². The average Bonchev–Trinajstić information content (AvgIpc) is 3.08. The van der Waals surface area contributed by atoms with Gasteiger partial charge in [-0.25, -0.2) is 4.98 Å². The predicted molar refractivity (Wildman–Crippen MR) is 102 cm³/mol. The number of aryl methyl sites for hydroxylation is 1. The fourth-order valence-electron chi connectivity index (χ4n) is 3.13. The molecule has 26 heavy (non-hydrogen) atoms. The minimum atomic E-state index is -0.0206. The van der Waals surface area contributed by atoms with Gasteiger partial charge in [-0.05, 0) is 50.4 Å². The van der Waals surface area contributed by atoms with E-state index in [2.05, 4.69) is 30.4 Å². The van der Waals surface area contributed by atoms with Gasteiger partial charge in [-0.15, -0.1) is 10.2 Å². The van der Waals surface area contributed by atoms with E-state index in [-0.39, 0.29) is 5.91 Å². The molecule has 1 N–H and O–H groups in total. The van der Waals surface area contributed by atoms with Crippen molar-refractivity contribution in [2.75, 3.05) is 25.0 Å². The lowest BCUT2D eigenvalue weighted by molar-refractivity contribution is -0.117. The second-order valence-corrected chi connectivity index (χ2v) is 7.68. The van der Waals surface area contributed by atoms with Crippen LogP contribution in [0.5, 0.6) is 0 Å². The first kappa shape index (κ1) is 17.0. The van der Waals surface area contributed by atoms with Crippen LogP contribution in [0.4, 0.5) is 5.82 Å². The molecular weight excluding hydrogens is 348 g/mol. The third-order valence-corrected chi connectivity index (χ3v) is 5.29. The normalized spacial score (nSPS) is 15.3. The summed E-state index contributed by atoms with van der Waals surface area (Å²) in [5, 5.41) is 14.7. The summed E-state index contributed by atoms with van der Waals surface area (Å²) in [5.41, 5.74) is 0.778. The average molecular weight is 368 g/mol. The van der Waals surface area contributed by atoms with Crippen molar-refractivity contribution in [1.29, 1.82) is 0 Å². The van der Waals surface area contributed by atoms with Crippen LogP contribution in [0.2, 0.25) is 0 Å². The summed E-state index contributed by atoms with van der Waals surface area (Å²) >= 11 is 1.51. The summed E-state index contributed by atoms with van der Waals surface area (Å²) in [6.07, 6.45) is 7.10. The highest BCUT2D eigenvalue weighted by Gasteiger charge is 2.14. The Kier molecular flexibility index (Phi) is 4.85. The van der Waals surface area contributed by atoms with Gasteiger partial charge in [0.2, 0.25) is 5.91 Å². The SMILES string of the molecule is Cc1nnc(-c2cc3cc(NC(=O)CN4CCCCC4)ncc3cn2)s1. The van der Waals surface area contributed by atoms with E-state index in [0.29, 0.717) is 12.4 Å². The molecule has 0 saturated carbocycles. The third kappa shape index (κ3) is 3.86. The van der Waals surface area contributed by atoms with Crippen molar-refractivity contribution in [3.8, 4) is 10.7 Å². The Hall–Kier alpha value is -2.45. The molecule has 0 unspecified atom stereocenters. The van der Waals surface area contributed by atoms with Crippen LogP contribution in [-0.2, 0) is 4.79 Å². The predicted octanol–water partition coefficient (Wildman–Crippen LogP) is 2.88. The van der Waals surface area contributed by atoms with Gasteiger partial charge in [-0.2, -0.15) is 0 Å². The van der Waals surface area contributed by atoms with Gasteiger partial charge in [0.25, 0.3) is 0 Å². The number of carbonyl (C=O) groups excluding carboxylic acids is 1. The van der Waals surface area contributed by atoms with E-state index in [1.54, 1.807) is 12.4 Å². The minimum absolute atomic E-state index is 0.0206. The molecular formula is C18H20N6OS. The van der Waals surface area contributed by atoms with E-state index < -0.39 is 0 Å². The molecule has 3 aromatic rings. The number of likely N-dealkylation sites (tertiary alicyclic amines) is 1. The number of amides is 1. The van der Waals surface area contributed by atoms with Crippen molar-refractivity contribution in [2.24, 2.45) is 0 Å². The van der Waals surface area contributed by atoms with Crippen molar-refractivity contribution >= 4 is 33.8 Å². The molecule has 8 heteroatoms. The molecule has 3 aromatic heterocycles. The molecule has 1 aliphatic rings. The number of pyridine rings is 2. The highest BCUT2D eigenvalue weighted by atomic mass is 32.1. The molecule has 0 spiro atoms. The monoisotopic (exact) mass is 368 g/mol. The summed E-state index contributed by atoms with van der Waals surface area (Å²) in [5.74, 6) is 0.540. The molecule has 134 valence electrons. The van der Waals surface area contributed by atoms with Crippen LogP contribution in [-0.4, -0.2) is 50.6 Å². The smallest absolute Gasteiger partial charge is 0.239 e. The summed E-state index contributed by atoms with van der Waals surface area (Å²) < 4.78 is 0. The zero-order chi connectivity index (χ0) is 17.9. The maximum Gasteiger partial charge on any atom is 0.239 e. The summed E-state index contributed by atoms with van der Waals surface area (Å²) in [6, 6.07) is 3.83. The number of anilines is 1.